The van der Waals surface area contributed by atoms with E-state index in [4.69, 9.17) is 0 Å². The van der Waals surface area contributed by atoms with Crippen molar-refractivity contribution in [2.45, 2.75) is 44.4 Å². The molecule has 1 aliphatic carbocycles. The van der Waals surface area contributed by atoms with E-state index in [-0.39, 0.29) is 5.41 Å². The number of hydrogen-bond acceptors (Lipinski definition) is 3. The van der Waals surface area contributed by atoms with Gasteiger partial charge in [-0.25, -0.2) is 0 Å². The van der Waals surface area contributed by atoms with E-state index in [1.54, 1.807) is 23.5 Å². The van der Waals surface area contributed by atoms with Gasteiger partial charge in [0, 0.05) is 22.5 Å². The van der Waals surface area contributed by atoms with Crippen LogP contribution in [0, 0.1) is 6.92 Å². The second-order valence-electron chi connectivity index (χ2n) is 6.82. The smallest absolute Gasteiger partial charge is 0.313 e. The molecule has 1 heterocycles. The van der Waals surface area contributed by atoms with Gasteiger partial charge in [-0.3, -0.25) is 9.59 Å². The molecule has 0 radical (unpaired) electrons. The lowest BCUT2D eigenvalue weighted by Crippen LogP contribution is -2.45. The van der Waals surface area contributed by atoms with Crippen LogP contribution in [0.5, 0.6) is 0 Å². The van der Waals surface area contributed by atoms with Crippen molar-refractivity contribution in [3.8, 4) is 0 Å². The van der Waals surface area contributed by atoms with E-state index in [1.807, 2.05) is 19.1 Å². The van der Waals surface area contributed by atoms with Crippen LogP contribution in [0.15, 0.2) is 41.8 Å². The minimum absolute atomic E-state index is 0.0216. The summed E-state index contributed by atoms with van der Waals surface area (Å²) in [6.07, 6.45) is 5.71. The van der Waals surface area contributed by atoms with Crippen molar-refractivity contribution in [2.75, 3.05) is 11.9 Å². The zero-order chi connectivity index (χ0) is 17.7. The zero-order valence-electron chi connectivity index (χ0n) is 14.5. The number of aryl methyl sites for hydroxylation is 1. The van der Waals surface area contributed by atoms with E-state index in [0.717, 1.165) is 18.4 Å². The van der Waals surface area contributed by atoms with Gasteiger partial charge in [-0.05, 0) is 43.3 Å². The maximum atomic E-state index is 12.2. The fourth-order valence-corrected chi connectivity index (χ4v) is 4.46. The van der Waals surface area contributed by atoms with E-state index in [9.17, 15) is 9.59 Å². The average Bonchev–Trinajstić information content (AvgIpc) is 3.18. The van der Waals surface area contributed by atoms with E-state index >= 15 is 0 Å². The molecular formula is C20H24N2O2S. The molecule has 0 unspecified atom stereocenters. The number of nitrogens with one attached hydrogen (secondary N) is 2. The Morgan fingerprint density at radius 3 is 2.40 bits per heavy atom. The summed E-state index contributed by atoms with van der Waals surface area (Å²) in [5, 5.41) is 7.61. The molecule has 0 aliphatic heterocycles. The van der Waals surface area contributed by atoms with Gasteiger partial charge >= 0.3 is 11.8 Å². The van der Waals surface area contributed by atoms with Crippen LogP contribution in [0.2, 0.25) is 0 Å². The Morgan fingerprint density at radius 2 is 1.76 bits per heavy atom. The molecule has 2 amide bonds. The molecule has 5 heteroatoms. The summed E-state index contributed by atoms with van der Waals surface area (Å²) in [5.74, 6) is -1.18. The second-order valence-corrected chi connectivity index (χ2v) is 7.77. The summed E-state index contributed by atoms with van der Waals surface area (Å²) in [7, 11) is 0. The fourth-order valence-electron chi connectivity index (χ4n) is 3.47. The number of thiophene rings is 1. The van der Waals surface area contributed by atoms with E-state index in [1.165, 1.54) is 24.1 Å². The highest BCUT2D eigenvalue weighted by Gasteiger charge is 2.35. The van der Waals surface area contributed by atoms with Crippen molar-refractivity contribution in [3.63, 3.8) is 0 Å². The quantitative estimate of drug-likeness (QED) is 0.813. The first kappa shape index (κ1) is 17.7. The molecule has 3 rings (SSSR count). The van der Waals surface area contributed by atoms with Gasteiger partial charge in [-0.15, -0.1) is 11.3 Å². The van der Waals surface area contributed by atoms with Crippen molar-refractivity contribution in [1.29, 1.82) is 0 Å². The molecular weight excluding hydrogens is 332 g/mol. The third kappa shape index (κ3) is 4.28. The molecule has 132 valence electrons. The van der Waals surface area contributed by atoms with Gasteiger partial charge in [-0.1, -0.05) is 43.0 Å². The van der Waals surface area contributed by atoms with Gasteiger partial charge in [0.15, 0.2) is 0 Å². The molecule has 1 aromatic carbocycles. The maximum Gasteiger partial charge on any atom is 0.313 e. The van der Waals surface area contributed by atoms with Gasteiger partial charge in [0.25, 0.3) is 0 Å². The highest BCUT2D eigenvalue weighted by atomic mass is 32.1. The zero-order valence-corrected chi connectivity index (χ0v) is 15.3. The molecule has 0 bridgehead atoms. The van der Waals surface area contributed by atoms with E-state index in [0.29, 0.717) is 12.2 Å². The maximum absolute atomic E-state index is 12.2. The lowest BCUT2D eigenvalue weighted by molar-refractivity contribution is -0.136. The van der Waals surface area contributed by atoms with Gasteiger partial charge in [-0.2, -0.15) is 0 Å². The topological polar surface area (TPSA) is 58.2 Å². The first-order valence-corrected chi connectivity index (χ1v) is 9.67. The van der Waals surface area contributed by atoms with Crippen LogP contribution < -0.4 is 10.6 Å². The van der Waals surface area contributed by atoms with Gasteiger partial charge in [0.2, 0.25) is 0 Å². The highest BCUT2D eigenvalue weighted by molar-refractivity contribution is 7.10. The monoisotopic (exact) mass is 356 g/mol. The minimum Gasteiger partial charge on any atom is -0.347 e. The lowest BCUT2D eigenvalue weighted by atomic mass is 9.73. The standard InChI is InChI=1S/C20H24N2O2S/c1-15-7-9-16(10-8-15)22-19(24)18(23)21-14-20(11-3-2-4-12-20)17-6-5-13-25-17/h5-10,13H,2-4,11-12,14H2,1H3,(H,21,23)(H,22,24). The predicted molar refractivity (Wildman–Crippen MR) is 102 cm³/mol. The molecule has 4 nitrogen and oxygen atoms in total. The van der Waals surface area contributed by atoms with Crippen LogP contribution in [-0.4, -0.2) is 18.4 Å². The second kappa shape index (κ2) is 7.83. The molecule has 2 aromatic rings. The number of amides is 2. The average molecular weight is 356 g/mol. The van der Waals surface area contributed by atoms with Gasteiger partial charge < -0.3 is 10.6 Å². The predicted octanol–water partition coefficient (Wildman–Crippen LogP) is 4.01. The number of carbonyl (C=O) groups excluding carboxylic acids is 2. The summed E-state index contributed by atoms with van der Waals surface area (Å²) >= 11 is 1.74. The van der Waals surface area contributed by atoms with Crippen LogP contribution >= 0.6 is 11.3 Å². The van der Waals surface area contributed by atoms with Crippen molar-refractivity contribution in [1.82, 2.24) is 5.32 Å². The largest absolute Gasteiger partial charge is 0.347 e. The Morgan fingerprint density at radius 1 is 1.04 bits per heavy atom. The number of anilines is 1. The van der Waals surface area contributed by atoms with Crippen LogP contribution in [0.25, 0.3) is 0 Å². The molecule has 0 atom stereocenters. The number of carbonyl (C=O) groups is 2. The number of rotatable bonds is 4. The molecule has 1 saturated carbocycles. The molecule has 0 saturated heterocycles. The Hall–Kier alpha value is -2.14. The van der Waals surface area contributed by atoms with Crippen LogP contribution in [0.3, 0.4) is 0 Å². The molecule has 1 aromatic heterocycles. The Kier molecular flexibility index (Phi) is 5.53. The Labute approximate surface area is 152 Å². The summed E-state index contributed by atoms with van der Waals surface area (Å²) < 4.78 is 0. The summed E-state index contributed by atoms with van der Waals surface area (Å²) in [4.78, 5) is 25.7. The van der Waals surface area contributed by atoms with Crippen molar-refractivity contribution in [2.24, 2.45) is 0 Å². The number of hydrogen-bond donors (Lipinski definition) is 2. The van der Waals surface area contributed by atoms with Gasteiger partial charge in [0.05, 0.1) is 0 Å². The molecule has 25 heavy (non-hydrogen) atoms. The summed E-state index contributed by atoms with van der Waals surface area (Å²) in [6.45, 7) is 2.50. The van der Waals surface area contributed by atoms with Crippen LogP contribution in [0.1, 0.15) is 42.5 Å². The first-order valence-electron chi connectivity index (χ1n) is 8.79. The fraction of sp³-hybridized carbons (Fsp3) is 0.400. The SMILES string of the molecule is Cc1ccc(NC(=O)C(=O)NCC2(c3cccs3)CCCCC2)cc1. The Bertz CT molecular complexity index is 717. The molecule has 1 aliphatic rings. The van der Waals surface area contributed by atoms with Crippen molar-refractivity contribution >= 4 is 28.8 Å². The highest BCUT2D eigenvalue weighted by Crippen LogP contribution is 2.41. The van der Waals surface area contributed by atoms with Crippen molar-refractivity contribution < 1.29 is 9.59 Å². The first-order chi connectivity index (χ1) is 12.1. The normalized spacial score (nSPS) is 16.2. The summed E-state index contributed by atoms with van der Waals surface area (Å²) in [6, 6.07) is 11.6. The lowest BCUT2D eigenvalue weighted by Gasteiger charge is -2.36. The minimum atomic E-state index is -0.610. The van der Waals surface area contributed by atoms with Crippen LogP contribution in [0.4, 0.5) is 5.69 Å². The van der Waals surface area contributed by atoms with Crippen molar-refractivity contribution in [3.05, 3.63) is 52.2 Å². The summed E-state index contributed by atoms with van der Waals surface area (Å²) in [5.41, 5.74) is 1.72. The third-order valence-electron chi connectivity index (χ3n) is 4.96. The molecule has 0 spiro atoms. The molecule has 1 fully saturated rings. The Balaban J connectivity index is 1.61. The van der Waals surface area contributed by atoms with E-state index < -0.39 is 11.8 Å². The van der Waals surface area contributed by atoms with Crippen LogP contribution in [-0.2, 0) is 15.0 Å². The molecule has 2 N–H and O–H groups in total. The third-order valence-corrected chi connectivity index (χ3v) is 6.07. The van der Waals surface area contributed by atoms with E-state index in [2.05, 4.69) is 28.1 Å². The number of benzene rings is 1. The van der Waals surface area contributed by atoms with Gasteiger partial charge in [0.1, 0.15) is 0 Å².